The monoisotopic (exact) mass is 256 g/mol. The van der Waals surface area contributed by atoms with Gasteiger partial charge in [-0.2, -0.15) is 0 Å². The van der Waals surface area contributed by atoms with E-state index in [9.17, 15) is 9.59 Å². The van der Waals surface area contributed by atoms with Crippen molar-refractivity contribution in [1.82, 2.24) is 10.6 Å². The van der Waals surface area contributed by atoms with Gasteiger partial charge in [0.2, 0.25) is 0 Å². The van der Waals surface area contributed by atoms with Crippen molar-refractivity contribution in [2.75, 3.05) is 0 Å². The van der Waals surface area contributed by atoms with E-state index in [-0.39, 0.29) is 24.5 Å². The first-order valence-corrected chi connectivity index (χ1v) is 6.67. The predicted molar refractivity (Wildman–Crippen MR) is 69.3 cm³/mol. The fourth-order valence-corrected chi connectivity index (χ4v) is 2.44. The second kappa shape index (κ2) is 6.61. The van der Waals surface area contributed by atoms with Crippen molar-refractivity contribution in [3.05, 3.63) is 0 Å². The number of carboxylic acid groups (broad SMARTS) is 1. The van der Waals surface area contributed by atoms with Crippen molar-refractivity contribution < 1.29 is 14.7 Å². The minimum absolute atomic E-state index is 0.0501. The van der Waals surface area contributed by atoms with Crippen LogP contribution in [0, 0.1) is 11.8 Å². The van der Waals surface area contributed by atoms with Crippen molar-refractivity contribution in [3.8, 4) is 0 Å². The second-order valence-electron chi connectivity index (χ2n) is 5.58. The van der Waals surface area contributed by atoms with Gasteiger partial charge in [0.1, 0.15) is 0 Å². The number of rotatable bonds is 4. The Balaban J connectivity index is 2.30. The number of hydrogen-bond acceptors (Lipinski definition) is 2. The maximum absolute atomic E-state index is 11.7. The molecule has 104 valence electrons. The molecule has 0 aromatic rings. The van der Waals surface area contributed by atoms with E-state index in [1.54, 1.807) is 6.92 Å². The average molecular weight is 256 g/mol. The molecule has 4 atom stereocenters. The Kier molecular flexibility index (Phi) is 5.44. The molecule has 1 rings (SSSR count). The van der Waals surface area contributed by atoms with Crippen molar-refractivity contribution in [1.29, 1.82) is 0 Å². The summed E-state index contributed by atoms with van der Waals surface area (Å²) in [6.45, 7) is 6.15. The summed E-state index contributed by atoms with van der Waals surface area (Å²) in [5, 5.41) is 14.2. The van der Waals surface area contributed by atoms with Crippen molar-refractivity contribution in [2.45, 2.75) is 58.5 Å². The maximum atomic E-state index is 11.7. The van der Waals surface area contributed by atoms with E-state index in [0.717, 1.165) is 25.2 Å². The molecule has 0 saturated heterocycles. The third kappa shape index (κ3) is 4.94. The van der Waals surface area contributed by atoms with E-state index < -0.39 is 5.97 Å². The highest BCUT2D eigenvalue weighted by molar-refractivity contribution is 5.75. The highest BCUT2D eigenvalue weighted by atomic mass is 16.4. The van der Waals surface area contributed by atoms with Gasteiger partial charge in [-0.25, -0.2) is 4.79 Å². The smallest absolute Gasteiger partial charge is 0.315 e. The van der Waals surface area contributed by atoms with E-state index >= 15 is 0 Å². The van der Waals surface area contributed by atoms with E-state index in [2.05, 4.69) is 24.5 Å². The maximum Gasteiger partial charge on any atom is 0.315 e. The first-order valence-electron chi connectivity index (χ1n) is 6.67. The number of aliphatic carboxylic acids is 1. The number of amides is 2. The van der Waals surface area contributed by atoms with Gasteiger partial charge in [0.25, 0.3) is 0 Å². The van der Waals surface area contributed by atoms with Gasteiger partial charge in [-0.15, -0.1) is 0 Å². The van der Waals surface area contributed by atoms with E-state index in [4.69, 9.17) is 5.11 Å². The molecule has 0 aromatic carbocycles. The molecule has 2 amide bonds. The minimum Gasteiger partial charge on any atom is -0.481 e. The first-order chi connectivity index (χ1) is 8.38. The SMILES string of the molecule is CC(CC(=O)O)NC(=O)NC1CCC(C)C(C)C1. The third-order valence-corrected chi connectivity index (χ3v) is 3.79. The van der Waals surface area contributed by atoms with E-state index in [1.807, 2.05) is 0 Å². The first kappa shape index (κ1) is 14.8. The van der Waals surface area contributed by atoms with Gasteiger partial charge in [0.15, 0.2) is 0 Å². The molecular weight excluding hydrogens is 232 g/mol. The Morgan fingerprint density at radius 1 is 1.28 bits per heavy atom. The van der Waals surface area contributed by atoms with Crippen LogP contribution >= 0.6 is 0 Å². The van der Waals surface area contributed by atoms with Gasteiger partial charge < -0.3 is 15.7 Å². The standard InChI is InChI=1S/C13H24N2O3/c1-8-4-5-11(6-9(8)2)15-13(18)14-10(3)7-12(16)17/h8-11H,4-7H2,1-3H3,(H,16,17)(H2,14,15,18). The Hall–Kier alpha value is -1.26. The minimum atomic E-state index is -0.900. The fraction of sp³-hybridized carbons (Fsp3) is 0.846. The van der Waals surface area contributed by atoms with Crippen LogP contribution < -0.4 is 10.6 Å². The quantitative estimate of drug-likeness (QED) is 0.719. The number of urea groups is 1. The zero-order valence-electron chi connectivity index (χ0n) is 11.4. The topological polar surface area (TPSA) is 78.4 Å². The Labute approximate surface area is 108 Å². The molecule has 4 unspecified atom stereocenters. The molecule has 0 radical (unpaired) electrons. The number of hydrogen-bond donors (Lipinski definition) is 3. The molecule has 5 heteroatoms. The molecule has 1 saturated carbocycles. The summed E-state index contributed by atoms with van der Waals surface area (Å²) in [7, 11) is 0. The zero-order valence-corrected chi connectivity index (χ0v) is 11.4. The Morgan fingerprint density at radius 3 is 2.50 bits per heavy atom. The summed E-state index contributed by atoms with van der Waals surface area (Å²) >= 11 is 0. The number of carbonyl (C=O) groups excluding carboxylic acids is 1. The van der Waals surface area contributed by atoms with Crippen LogP contribution in [0.5, 0.6) is 0 Å². The lowest BCUT2D eigenvalue weighted by Crippen LogP contribution is -2.47. The second-order valence-corrected chi connectivity index (χ2v) is 5.58. The van der Waals surface area contributed by atoms with Crippen molar-refractivity contribution in [2.24, 2.45) is 11.8 Å². The average Bonchev–Trinajstić information content (AvgIpc) is 2.21. The van der Waals surface area contributed by atoms with Gasteiger partial charge >= 0.3 is 12.0 Å². The summed E-state index contributed by atoms with van der Waals surface area (Å²) in [6, 6.07) is -0.383. The lowest BCUT2D eigenvalue weighted by Gasteiger charge is -2.32. The van der Waals surface area contributed by atoms with Gasteiger partial charge in [-0.05, 0) is 38.0 Å². The number of carboxylic acids is 1. The summed E-state index contributed by atoms with van der Waals surface area (Å²) in [6.07, 6.45) is 3.09. The zero-order chi connectivity index (χ0) is 13.7. The molecular formula is C13H24N2O3. The third-order valence-electron chi connectivity index (χ3n) is 3.79. The van der Waals surface area contributed by atoms with Gasteiger partial charge in [-0.3, -0.25) is 4.79 Å². The summed E-state index contributed by atoms with van der Waals surface area (Å²) in [5.74, 6) is 0.445. The molecule has 0 spiro atoms. The molecule has 0 aliphatic heterocycles. The highest BCUT2D eigenvalue weighted by Crippen LogP contribution is 2.29. The number of nitrogens with one attached hydrogen (secondary N) is 2. The Morgan fingerprint density at radius 2 is 1.94 bits per heavy atom. The van der Waals surface area contributed by atoms with E-state index in [0.29, 0.717) is 5.92 Å². The molecule has 0 aromatic heterocycles. The van der Waals surface area contributed by atoms with Crippen LogP contribution in [0.4, 0.5) is 4.79 Å². The van der Waals surface area contributed by atoms with Crippen LogP contribution in [0.3, 0.4) is 0 Å². The normalized spacial score (nSPS) is 29.4. The van der Waals surface area contributed by atoms with Crippen LogP contribution in [-0.2, 0) is 4.79 Å². The fourth-order valence-electron chi connectivity index (χ4n) is 2.44. The molecule has 1 fully saturated rings. The van der Waals surface area contributed by atoms with Crippen LogP contribution in [0.1, 0.15) is 46.5 Å². The van der Waals surface area contributed by atoms with Crippen molar-refractivity contribution in [3.63, 3.8) is 0 Å². The predicted octanol–water partition coefficient (Wildman–Crippen LogP) is 1.97. The van der Waals surface area contributed by atoms with Crippen molar-refractivity contribution >= 4 is 12.0 Å². The summed E-state index contributed by atoms with van der Waals surface area (Å²) in [4.78, 5) is 22.2. The lowest BCUT2D eigenvalue weighted by molar-refractivity contribution is -0.137. The van der Waals surface area contributed by atoms with Crippen LogP contribution in [0.25, 0.3) is 0 Å². The highest BCUT2D eigenvalue weighted by Gasteiger charge is 2.25. The molecule has 18 heavy (non-hydrogen) atoms. The molecule has 3 N–H and O–H groups in total. The molecule has 1 aliphatic carbocycles. The van der Waals surface area contributed by atoms with Gasteiger partial charge in [-0.1, -0.05) is 13.8 Å². The van der Waals surface area contributed by atoms with E-state index in [1.165, 1.54) is 0 Å². The largest absolute Gasteiger partial charge is 0.481 e. The molecule has 5 nitrogen and oxygen atoms in total. The van der Waals surface area contributed by atoms with Gasteiger partial charge in [0, 0.05) is 12.1 Å². The van der Waals surface area contributed by atoms with Gasteiger partial charge in [0.05, 0.1) is 6.42 Å². The lowest BCUT2D eigenvalue weighted by atomic mass is 9.79. The molecule has 0 bridgehead atoms. The molecule has 0 heterocycles. The number of carbonyl (C=O) groups is 2. The summed E-state index contributed by atoms with van der Waals surface area (Å²) < 4.78 is 0. The molecule has 1 aliphatic rings. The van der Waals surface area contributed by atoms with Crippen LogP contribution in [0.2, 0.25) is 0 Å². The van der Waals surface area contributed by atoms with Crippen LogP contribution in [-0.4, -0.2) is 29.2 Å². The van der Waals surface area contributed by atoms with Crippen LogP contribution in [0.15, 0.2) is 0 Å². The Bertz CT molecular complexity index is 307. The summed E-state index contributed by atoms with van der Waals surface area (Å²) in [5.41, 5.74) is 0.